The van der Waals surface area contributed by atoms with Crippen LogP contribution in [-0.2, 0) is 0 Å². The Balaban J connectivity index is 2.19. The summed E-state index contributed by atoms with van der Waals surface area (Å²) in [5, 5.41) is 3.25. The molecule has 1 aromatic rings. The molecule has 1 aliphatic rings. The Bertz CT molecular complexity index is 367. The van der Waals surface area contributed by atoms with Crippen LogP contribution >= 0.6 is 0 Å². The smallest absolute Gasteiger partial charge is 0.141 e. The lowest BCUT2D eigenvalue weighted by Crippen LogP contribution is -2.30. The third kappa shape index (κ3) is 3.03. The molecule has 0 aliphatic heterocycles. The third-order valence-corrected chi connectivity index (χ3v) is 3.88. The quantitative estimate of drug-likeness (QED) is 0.872. The van der Waals surface area contributed by atoms with Crippen molar-refractivity contribution in [1.82, 2.24) is 10.3 Å². The molecule has 0 radical (unpaired) electrons. The van der Waals surface area contributed by atoms with E-state index < -0.39 is 0 Å². The molecule has 0 aromatic carbocycles. The van der Waals surface area contributed by atoms with Crippen molar-refractivity contribution in [2.24, 2.45) is 11.8 Å². The van der Waals surface area contributed by atoms with E-state index in [1.165, 1.54) is 19.0 Å². The largest absolute Gasteiger partial charge is 0.319 e. The van der Waals surface area contributed by atoms with Crippen molar-refractivity contribution in [1.29, 1.82) is 0 Å². The highest BCUT2D eigenvalue weighted by molar-refractivity contribution is 5.18. The normalized spacial score (nSPS) is 29.2. The number of halogens is 1. The molecular weight excluding hydrogens is 215 g/mol. The molecule has 1 aromatic heterocycles. The molecule has 3 unspecified atom stereocenters. The van der Waals surface area contributed by atoms with Crippen molar-refractivity contribution in [2.75, 3.05) is 13.6 Å². The monoisotopic (exact) mass is 236 g/mol. The maximum atomic E-state index is 13.3. The van der Waals surface area contributed by atoms with Crippen LogP contribution in [0.3, 0.4) is 0 Å². The van der Waals surface area contributed by atoms with Crippen LogP contribution < -0.4 is 5.32 Å². The molecule has 1 fully saturated rings. The number of nitrogens with one attached hydrogen (secondary N) is 1. The number of rotatable bonds is 3. The van der Waals surface area contributed by atoms with Gasteiger partial charge in [0.15, 0.2) is 0 Å². The van der Waals surface area contributed by atoms with Crippen molar-refractivity contribution in [3.63, 3.8) is 0 Å². The van der Waals surface area contributed by atoms with Crippen LogP contribution in [0.4, 0.5) is 4.39 Å². The van der Waals surface area contributed by atoms with Gasteiger partial charge in [-0.15, -0.1) is 0 Å². The molecule has 2 rings (SSSR count). The average Bonchev–Trinajstić information content (AvgIpc) is 2.32. The second-order valence-electron chi connectivity index (χ2n) is 5.28. The number of hydrogen-bond donors (Lipinski definition) is 1. The van der Waals surface area contributed by atoms with Crippen molar-refractivity contribution < 1.29 is 4.39 Å². The van der Waals surface area contributed by atoms with Gasteiger partial charge >= 0.3 is 0 Å². The lowest BCUT2D eigenvalue weighted by molar-refractivity contribution is 0.244. The van der Waals surface area contributed by atoms with Gasteiger partial charge in [-0.2, -0.15) is 0 Å². The molecule has 0 amide bonds. The second-order valence-corrected chi connectivity index (χ2v) is 5.28. The van der Waals surface area contributed by atoms with Gasteiger partial charge in [-0.1, -0.05) is 13.3 Å². The van der Waals surface area contributed by atoms with E-state index in [1.54, 1.807) is 6.07 Å². The summed E-state index contributed by atoms with van der Waals surface area (Å²) in [5.41, 5.74) is 1.07. The zero-order valence-electron chi connectivity index (χ0n) is 10.6. The highest BCUT2D eigenvalue weighted by atomic mass is 19.1. The van der Waals surface area contributed by atoms with Crippen molar-refractivity contribution in [3.05, 3.63) is 29.8 Å². The molecule has 94 valence electrons. The Morgan fingerprint density at radius 3 is 2.94 bits per heavy atom. The van der Waals surface area contributed by atoms with E-state index in [0.717, 1.165) is 24.4 Å². The number of nitrogens with zero attached hydrogens (tertiary/aromatic N) is 1. The number of pyridine rings is 1. The minimum absolute atomic E-state index is 0.219. The minimum atomic E-state index is -0.219. The van der Waals surface area contributed by atoms with Gasteiger partial charge in [0.2, 0.25) is 0 Å². The first-order valence-electron chi connectivity index (χ1n) is 6.45. The van der Waals surface area contributed by atoms with Crippen molar-refractivity contribution in [2.45, 2.75) is 32.1 Å². The van der Waals surface area contributed by atoms with Gasteiger partial charge in [0.05, 0.1) is 6.20 Å². The Kier molecular flexibility index (Phi) is 4.11. The first kappa shape index (κ1) is 12.5. The summed E-state index contributed by atoms with van der Waals surface area (Å²) >= 11 is 0. The lowest BCUT2D eigenvalue weighted by Gasteiger charge is -2.35. The molecule has 1 saturated carbocycles. The van der Waals surface area contributed by atoms with Gasteiger partial charge in [0.25, 0.3) is 0 Å². The highest BCUT2D eigenvalue weighted by Gasteiger charge is 2.29. The summed E-state index contributed by atoms with van der Waals surface area (Å²) in [6.07, 6.45) is 6.77. The highest BCUT2D eigenvalue weighted by Crippen LogP contribution is 2.40. The van der Waals surface area contributed by atoms with Crippen LogP contribution in [0.5, 0.6) is 0 Å². The predicted molar refractivity (Wildman–Crippen MR) is 67.4 cm³/mol. The van der Waals surface area contributed by atoms with Crippen LogP contribution in [0.2, 0.25) is 0 Å². The lowest BCUT2D eigenvalue weighted by atomic mass is 9.72. The Morgan fingerprint density at radius 1 is 1.41 bits per heavy atom. The molecular formula is C14H21FN2. The average molecular weight is 236 g/mol. The summed E-state index contributed by atoms with van der Waals surface area (Å²) < 4.78 is 13.3. The molecule has 1 aliphatic carbocycles. The maximum absolute atomic E-state index is 13.3. The summed E-state index contributed by atoms with van der Waals surface area (Å²) in [7, 11) is 1.99. The Labute approximate surface area is 103 Å². The fraction of sp³-hybridized carbons (Fsp3) is 0.643. The fourth-order valence-electron chi connectivity index (χ4n) is 2.99. The Hall–Kier alpha value is -0.960. The molecule has 0 bridgehead atoms. The van der Waals surface area contributed by atoms with E-state index in [1.807, 2.05) is 13.2 Å². The van der Waals surface area contributed by atoms with Crippen LogP contribution in [0.15, 0.2) is 18.5 Å². The molecule has 1 N–H and O–H groups in total. The summed E-state index contributed by atoms with van der Waals surface area (Å²) in [6, 6.07) is 1.65. The molecule has 1 heterocycles. The third-order valence-electron chi connectivity index (χ3n) is 3.88. The first-order valence-corrected chi connectivity index (χ1v) is 6.45. The standard InChI is InChI=1S/C14H21FN2/c1-10-3-4-11(7-16-2)14(5-10)12-6-13(15)9-17-8-12/h6,8-11,14,16H,3-5,7H2,1-2H3. The van der Waals surface area contributed by atoms with E-state index in [9.17, 15) is 4.39 Å². The summed E-state index contributed by atoms with van der Waals surface area (Å²) in [5.74, 6) is 1.58. The summed E-state index contributed by atoms with van der Waals surface area (Å²) in [4.78, 5) is 3.98. The first-order chi connectivity index (χ1) is 8.20. The fourth-order valence-corrected chi connectivity index (χ4v) is 2.99. The molecule has 0 saturated heterocycles. The van der Waals surface area contributed by atoms with Gasteiger partial charge in [0, 0.05) is 6.20 Å². The molecule has 0 spiro atoms. The van der Waals surface area contributed by atoms with Gasteiger partial charge < -0.3 is 5.32 Å². The van der Waals surface area contributed by atoms with E-state index in [2.05, 4.69) is 17.2 Å². The maximum Gasteiger partial charge on any atom is 0.141 e. The SMILES string of the molecule is CNCC1CCC(C)CC1c1cncc(F)c1. The van der Waals surface area contributed by atoms with E-state index >= 15 is 0 Å². The van der Waals surface area contributed by atoms with Gasteiger partial charge in [0.1, 0.15) is 5.82 Å². The minimum Gasteiger partial charge on any atom is -0.319 e. The van der Waals surface area contributed by atoms with Crippen LogP contribution in [0.25, 0.3) is 0 Å². The molecule has 17 heavy (non-hydrogen) atoms. The zero-order valence-corrected chi connectivity index (χ0v) is 10.6. The van der Waals surface area contributed by atoms with Gasteiger partial charge in [-0.3, -0.25) is 4.98 Å². The topological polar surface area (TPSA) is 24.9 Å². The van der Waals surface area contributed by atoms with Crippen LogP contribution in [0.1, 0.15) is 37.7 Å². The molecule has 3 heteroatoms. The van der Waals surface area contributed by atoms with Gasteiger partial charge in [-0.05, 0) is 55.8 Å². The van der Waals surface area contributed by atoms with Crippen molar-refractivity contribution >= 4 is 0 Å². The zero-order chi connectivity index (χ0) is 12.3. The second kappa shape index (κ2) is 5.58. The van der Waals surface area contributed by atoms with Crippen LogP contribution in [0, 0.1) is 17.7 Å². The van der Waals surface area contributed by atoms with E-state index in [4.69, 9.17) is 0 Å². The van der Waals surface area contributed by atoms with Gasteiger partial charge in [-0.25, -0.2) is 4.39 Å². The van der Waals surface area contributed by atoms with E-state index in [-0.39, 0.29) is 5.82 Å². The number of aromatic nitrogens is 1. The Morgan fingerprint density at radius 2 is 2.24 bits per heavy atom. The predicted octanol–water partition coefficient (Wildman–Crippen LogP) is 2.96. The van der Waals surface area contributed by atoms with Crippen LogP contribution in [-0.4, -0.2) is 18.6 Å². The molecule has 3 atom stereocenters. The van der Waals surface area contributed by atoms with E-state index in [0.29, 0.717) is 11.8 Å². The van der Waals surface area contributed by atoms with Crippen molar-refractivity contribution in [3.8, 4) is 0 Å². The summed E-state index contributed by atoms with van der Waals surface area (Å²) in [6.45, 7) is 3.29. The number of hydrogen-bond acceptors (Lipinski definition) is 2. The molecule has 2 nitrogen and oxygen atoms in total.